The van der Waals surface area contributed by atoms with Crippen LogP contribution in [0.3, 0.4) is 0 Å². The maximum absolute atomic E-state index is 5.95. The van der Waals surface area contributed by atoms with Gasteiger partial charge in [0, 0.05) is 25.8 Å². The van der Waals surface area contributed by atoms with Crippen molar-refractivity contribution in [2.75, 3.05) is 43.5 Å². The number of ether oxygens (including phenoxy) is 2. The molecular formula is C19H24N8O2. The molecule has 3 aromatic rings. The van der Waals surface area contributed by atoms with Gasteiger partial charge in [-0.1, -0.05) is 0 Å². The molecular weight excluding hydrogens is 372 g/mol. The number of imidazole rings is 1. The Hall–Kier alpha value is -2.85. The molecule has 0 unspecified atom stereocenters. The molecule has 0 bridgehead atoms. The molecule has 10 nitrogen and oxygen atoms in total. The first kappa shape index (κ1) is 18.2. The van der Waals surface area contributed by atoms with Gasteiger partial charge in [0.05, 0.1) is 31.1 Å². The number of hydrogen-bond acceptors (Lipinski definition) is 9. The highest BCUT2D eigenvalue weighted by Crippen LogP contribution is 2.35. The highest BCUT2D eigenvalue weighted by atomic mass is 16.5. The van der Waals surface area contributed by atoms with E-state index in [-0.39, 0.29) is 5.95 Å². The van der Waals surface area contributed by atoms with Gasteiger partial charge in [-0.05, 0) is 20.8 Å². The van der Waals surface area contributed by atoms with E-state index in [4.69, 9.17) is 30.2 Å². The topological polar surface area (TPSA) is 117 Å². The van der Waals surface area contributed by atoms with Crippen LogP contribution < -0.4 is 10.6 Å². The van der Waals surface area contributed by atoms with Gasteiger partial charge in [0.25, 0.3) is 0 Å². The Morgan fingerprint density at radius 3 is 2.59 bits per heavy atom. The molecule has 5 heterocycles. The molecule has 5 rings (SSSR count). The molecule has 2 aliphatic rings. The van der Waals surface area contributed by atoms with Gasteiger partial charge in [-0.25, -0.2) is 24.9 Å². The predicted molar refractivity (Wildman–Crippen MR) is 108 cm³/mol. The summed E-state index contributed by atoms with van der Waals surface area (Å²) in [7, 11) is 0. The van der Waals surface area contributed by atoms with Gasteiger partial charge in [-0.2, -0.15) is 0 Å². The summed E-state index contributed by atoms with van der Waals surface area (Å²) in [5, 5.41) is 0. The zero-order valence-electron chi connectivity index (χ0n) is 16.8. The fourth-order valence-electron chi connectivity index (χ4n) is 3.94. The predicted octanol–water partition coefficient (Wildman–Crippen LogP) is 1.28. The minimum absolute atomic E-state index is 0.237. The van der Waals surface area contributed by atoms with E-state index < -0.39 is 5.60 Å². The van der Waals surface area contributed by atoms with Crippen LogP contribution in [0.25, 0.3) is 22.6 Å². The summed E-state index contributed by atoms with van der Waals surface area (Å²) >= 11 is 0. The molecule has 2 aliphatic heterocycles. The Balaban J connectivity index is 1.77. The van der Waals surface area contributed by atoms with Gasteiger partial charge in [-0.3, -0.25) is 0 Å². The lowest BCUT2D eigenvalue weighted by Crippen LogP contribution is -2.37. The second kappa shape index (κ2) is 6.60. The van der Waals surface area contributed by atoms with Crippen LogP contribution >= 0.6 is 0 Å². The van der Waals surface area contributed by atoms with E-state index in [0.29, 0.717) is 32.2 Å². The van der Waals surface area contributed by atoms with Gasteiger partial charge in [0.15, 0.2) is 22.8 Å². The van der Waals surface area contributed by atoms with E-state index in [2.05, 4.69) is 19.4 Å². The van der Waals surface area contributed by atoms with Crippen LogP contribution in [-0.4, -0.2) is 62.4 Å². The first-order valence-electron chi connectivity index (χ1n) is 9.79. The van der Waals surface area contributed by atoms with E-state index >= 15 is 0 Å². The molecule has 0 aliphatic carbocycles. The van der Waals surface area contributed by atoms with Crippen LogP contribution in [0.1, 0.15) is 25.4 Å². The first-order valence-corrected chi connectivity index (χ1v) is 9.79. The molecule has 2 N–H and O–H groups in total. The smallest absolute Gasteiger partial charge is 0.220 e. The van der Waals surface area contributed by atoms with Crippen molar-refractivity contribution in [1.82, 2.24) is 29.5 Å². The van der Waals surface area contributed by atoms with Gasteiger partial charge >= 0.3 is 0 Å². The first-order chi connectivity index (χ1) is 13.9. The van der Waals surface area contributed by atoms with Crippen LogP contribution in [0.4, 0.5) is 11.8 Å². The summed E-state index contributed by atoms with van der Waals surface area (Å²) < 4.78 is 13.6. The van der Waals surface area contributed by atoms with Gasteiger partial charge < -0.3 is 24.7 Å². The molecule has 29 heavy (non-hydrogen) atoms. The summed E-state index contributed by atoms with van der Waals surface area (Å²) in [6, 6.07) is 0. The lowest BCUT2D eigenvalue weighted by atomic mass is 10.1. The number of rotatable bonds is 2. The third kappa shape index (κ3) is 2.99. The molecule has 3 aromatic heterocycles. The quantitative estimate of drug-likeness (QED) is 0.683. The minimum Gasteiger partial charge on any atom is -0.378 e. The van der Waals surface area contributed by atoms with Crippen molar-refractivity contribution in [2.45, 2.75) is 32.9 Å². The molecule has 0 atom stereocenters. The zero-order valence-corrected chi connectivity index (χ0v) is 16.8. The Kier molecular flexibility index (Phi) is 4.14. The Morgan fingerprint density at radius 2 is 1.83 bits per heavy atom. The van der Waals surface area contributed by atoms with Gasteiger partial charge in [0.2, 0.25) is 5.95 Å². The van der Waals surface area contributed by atoms with Gasteiger partial charge in [-0.15, -0.1) is 0 Å². The van der Waals surface area contributed by atoms with Crippen molar-refractivity contribution in [3.63, 3.8) is 0 Å². The third-order valence-corrected chi connectivity index (χ3v) is 5.44. The highest BCUT2D eigenvalue weighted by molar-refractivity contribution is 5.86. The monoisotopic (exact) mass is 396 g/mol. The molecule has 10 heteroatoms. The Bertz CT molecular complexity index is 1090. The van der Waals surface area contributed by atoms with E-state index in [0.717, 1.165) is 47.2 Å². The molecule has 0 radical (unpaired) electrons. The number of anilines is 2. The molecule has 1 fully saturated rings. The fourth-order valence-corrected chi connectivity index (χ4v) is 3.94. The molecule has 1 saturated heterocycles. The maximum atomic E-state index is 5.95. The van der Waals surface area contributed by atoms with Crippen molar-refractivity contribution in [3.8, 4) is 11.4 Å². The highest BCUT2D eigenvalue weighted by Gasteiger charge is 2.34. The van der Waals surface area contributed by atoms with Crippen molar-refractivity contribution in [1.29, 1.82) is 0 Å². The summed E-state index contributed by atoms with van der Waals surface area (Å²) in [6.07, 6.45) is 1.68. The molecule has 0 amide bonds. The van der Waals surface area contributed by atoms with Crippen molar-refractivity contribution in [2.24, 2.45) is 0 Å². The number of morpholine rings is 1. The van der Waals surface area contributed by atoms with Crippen LogP contribution in [0.15, 0.2) is 6.20 Å². The number of hydrogen-bond donors (Lipinski definition) is 1. The SMILES string of the molecule is Cc1nc(N)ncc1-c1nc(N2CCOCC2)c2nc3n(c2n1)CCOC3(C)C. The van der Waals surface area contributed by atoms with E-state index in [1.807, 2.05) is 20.8 Å². The van der Waals surface area contributed by atoms with Crippen molar-refractivity contribution in [3.05, 3.63) is 17.7 Å². The number of nitrogens with zero attached hydrogens (tertiary/aromatic N) is 7. The Labute approximate surface area is 168 Å². The van der Waals surface area contributed by atoms with Crippen LogP contribution in [0.5, 0.6) is 0 Å². The molecule has 0 aromatic carbocycles. The fraction of sp³-hybridized carbons (Fsp3) is 0.526. The standard InChI is InChI=1S/C19H24N8O2/c1-11-12(10-21-18(20)22-11)14-24-15(26-4-7-28-8-5-26)13-16(25-14)27-6-9-29-19(2,3)17(27)23-13/h10H,4-9H2,1-3H3,(H2,20,21,22). The molecule has 0 saturated carbocycles. The lowest BCUT2D eigenvalue weighted by molar-refractivity contribution is -0.0530. The third-order valence-electron chi connectivity index (χ3n) is 5.44. The number of nitrogen functional groups attached to an aromatic ring is 1. The van der Waals surface area contributed by atoms with E-state index in [9.17, 15) is 0 Å². The largest absolute Gasteiger partial charge is 0.378 e. The average Bonchev–Trinajstić information content (AvgIpc) is 3.08. The number of fused-ring (bicyclic) bond motifs is 3. The van der Waals surface area contributed by atoms with Crippen molar-refractivity contribution < 1.29 is 9.47 Å². The van der Waals surface area contributed by atoms with Crippen LogP contribution in [-0.2, 0) is 21.6 Å². The number of nitrogens with two attached hydrogens (primary N) is 1. The maximum Gasteiger partial charge on any atom is 0.220 e. The zero-order chi connectivity index (χ0) is 20.2. The lowest BCUT2D eigenvalue weighted by Gasteiger charge is -2.30. The van der Waals surface area contributed by atoms with Crippen molar-refractivity contribution >= 4 is 22.9 Å². The summed E-state index contributed by atoms with van der Waals surface area (Å²) in [6.45, 7) is 10.1. The number of aromatic nitrogens is 6. The summed E-state index contributed by atoms with van der Waals surface area (Å²) in [4.78, 5) is 25.3. The molecule has 152 valence electrons. The van der Waals surface area contributed by atoms with Crippen LogP contribution in [0.2, 0.25) is 0 Å². The number of aryl methyl sites for hydroxylation is 1. The second-order valence-corrected chi connectivity index (χ2v) is 7.82. The van der Waals surface area contributed by atoms with Crippen LogP contribution in [0, 0.1) is 6.92 Å². The van der Waals surface area contributed by atoms with Gasteiger partial charge in [0.1, 0.15) is 11.4 Å². The average molecular weight is 396 g/mol. The summed E-state index contributed by atoms with van der Waals surface area (Å²) in [5.41, 5.74) is 8.35. The van der Waals surface area contributed by atoms with E-state index in [1.54, 1.807) is 6.20 Å². The minimum atomic E-state index is -0.485. The van der Waals surface area contributed by atoms with E-state index in [1.165, 1.54) is 0 Å². The molecule has 0 spiro atoms. The second-order valence-electron chi connectivity index (χ2n) is 7.82. The summed E-state index contributed by atoms with van der Waals surface area (Å²) in [5.74, 6) is 2.48. The Morgan fingerprint density at radius 1 is 1.03 bits per heavy atom. The normalized spacial score (nSPS) is 18.8.